The molecular formula is C29H19ClN4. The van der Waals surface area contributed by atoms with Crippen LogP contribution in [-0.2, 0) is 0 Å². The van der Waals surface area contributed by atoms with Crippen LogP contribution in [-0.4, -0.2) is 19.9 Å². The Morgan fingerprint density at radius 1 is 0.618 bits per heavy atom. The molecule has 162 valence electrons. The van der Waals surface area contributed by atoms with Crippen LogP contribution in [0.25, 0.3) is 52.4 Å². The average Bonchev–Trinajstić information content (AvgIpc) is 3.63. The Morgan fingerprint density at radius 3 is 2.09 bits per heavy atom. The molecule has 34 heavy (non-hydrogen) atoms. The van der Waals surface area contributed by atoms with Crippen molar-refractivity contribution in [2.75, 3.05) is 0 Å². The Labute approximate surface area is 201 Å². The predicted octanol–water partition coefficient (Wildman–Crippen LogP) is 7.38. The van der Waals surface area contributed by atoms with E-state index in [4.69, 9.17) is 21.6 Å². The van der Waals surface area contributed by atoms with Crippen molar-refractivity contribution in [1.29, 1.82) is 0 Å². The fraction of sp³-hybridized carbons (Fsp3) is 0.0345. The molecule has 2 N–H and O–H groups in total. The summed E-state index contributed by atoms with van der Waals surface area (Å²) < 4.78 is 0. The number of aromatic amines is 2. The van der Waals surface area contributed by atoms with E-state index in [1.54, 1.807) is 0 Å². The average molecular weight is 459 g/mol. The lowest BCUT2D eigenvalue weighted by Crippen LogP contribution is -1.97. The minimum Gasteiger partial charge on any atom is -0.355 e. The second-order valence-electron chi connectivity index (χ2n) is 8.72. The van der Waals surface area contributed by atoms with Gasteiger partial charge in [0.05, 0.1) is 22.8 Å². The second-order valence-corrected chi connectivity index (χ2v) is 9.16. The summed E-state index contributed by atoms with van der Waals surface area (Å²) in [7, 11) is 0. The summed E-state index contributed by atoms with van der Waals surface area (Å²) in [4.78, 5) is 16.6. The van der Waals surface area contributed by atoms with Crippen molar-refractivity contribution in [2.24, 2.45) is 0 Å². The van der Waals surface area contributed by atoms with Gasteiger partial charge in [-0.1, -0.05) is 35.9 Å². The Bertz CT molecular complexity index is 1730. The minimum atomic E-state index is -0.00948. The molecule has 1 aliphatic carbocycles. The fourth-order valence-electron chi connectivity index (χ4n) is 4.88. The standard InChI is InChI=1S/C29H19ClN4/c30-27-11-17-3-1-2-4-25(17)29(27)26-15-24-14-22-8-7-20(32-22)12-18-5-6-19(31-18)13-21-9-10-23(33-21)16-28(26)34-24/h1-16,29,32,34H. The topological polar surface area (TPSA) is 57.4 Å². The summed E-state index contributed by atoms with van der Waals surface area (Å²) in [5.74, 6) is -0.00948. The summed E-state index contributed by atoms with van der Waals surface area (Å²) in [5, 5.41) is 0.825. The molecule has 8 bridgehead atoms. The first-order valence-corrected chi connectivity index (χ1v) is 11.6. The first-order valence-electron chi connectivity index (χ1n) is 11.2. The van der Waals surface area contributed by atoms with Crippen molar-refractivity contribution in [3.8, 4) is 0 Å². The molecule has 4 nitrogen and oxygen atoms in total. The number of hydrogen-bond donors (Lipinski definition) is 2. The predicted molar refractivity (Wildman–Crippen MR) is 141 cm³/mol. The number of rotatable bonds is 1. The lowest BCUT2D eigenvalue weighted by atomic mass is 9.93. The van der Waals surface area contributed by atoms with E-state index < -0.39 is 0 Å². The lowest BCUT2D eigenvalue weighted by molar-refractivity contribution is 1.05. The van der Waals surface area contributed by atoms with Crippen molar-refractivity contribution >= 4 is 64.0 Å². The third-order valence-corrected chi connectivity index (χ3v) is 6.72. The quantitative estimate of drug-likeness (QED) is 0.270. The summed E-state index contributed by atoms with van der Waals surface area (Å²) >= 11 is 6.80. The van der Waals surface area contributed by atoms with Crippen LogP contribution in [0.4, 0.5) is 0 Å². The van der Waals surface area contributed by atoms with E-state index in [9.17, 15) is 0 Å². The highest BCUT2D eigenvalue weighted by Gasteiger charge is 2.27. The van der Waals surface area contributed by atoms with Gasteiger partial charge in [-0.3, -0.25) is 0 Å². The molecule has 0 spiro atoms. The molecule has 5 heteroatoms. The van der Waals surface area contributed by atoms with Crippen molar-refractivity contribution in [3.63, 3.8) is 0 Å². The summed E-state index contributed by atoms with van der Waals surface area (Å²) in [6.07, 6.45) is 10.2. The van der Waals surface area contributed by atoms with Crippen LogP contribution in [0, 0.1) is 0 Å². The summed E-state index contributed by atoms with van der Waals surface area (Å²) in [6, 6.07) is 23.0. The van der Waals surface area contributed by atoms with Gasteiger partial charge in [0.15, 0.2) is 0 Å². The maximum absolute atomic E-state index is 6.80. The highest BCUT2D eigenvalue weighted by Crippen LogP contribution is 2.44. The van der Waals surface area contributed by atoms with Gasteiger partial charge in [-0.05, 0) is 89.5 Å². The van der Waals surface area contributed by atoms with E-state index in [2.05, 4.69) is 64.6 Å². The first-order chi connectivity index (χ1) is 16.7. The number of benzene rings is 1. The molecule has 0 saturated carbocycles. The first kappa shape index (κ1) is 19.3. The smallest absolute Gasteiger partial charge is 0.0659 e. The Balaban J connectivity index is 1.52. The van der Waals surface area contributed by atoms with E-state index in [0.717, 1.165) is 55.4 Å². The molecule has 1 atom stereocenters. The lowest BCUT2D eigenvalue weighted by Gasteiger charge is -2.12. The highest BCUT2D eigenvalue weighted by molar-refractivity contribution is 6.33. The minimum absolute atomic E-state index is 0.00948. The molecule has 3 aromatic heterocycles. The van der Waals surface area contributed by atoms with E-state index in [-0.39, 0.29) is 5.92 Å². The van der Waals surface area contributed by atoms with Gasteiger partial charge in [0.25, 0.3) is 0 Å². The zero-order valence-corrected chi connectivity index (χ0v) is 18.8. The molecule has 0 saturated heterocycles. The molecule has 2 aliphatic heterocycles. The van der Waals surface area contributed by atoms with Gasteiger partial charge in [-0.2, -0.15) is 0 Å². The van der Waals surface area contributed by atoms with Gasteiger partial charge in [-0.15, -0.1) is 0 Å². The van der Waals surface area contributed by atoms with Gasteiger partial charge in [0.2, 0.25) is 0 Å². The van der Waals surface area contributed by atoms with Gasteiger partial charge >= 0.3 is 0 Å². The molecule has 0 radical (unpaired) electrons. The molecule has 0 fully saturated rings. The number of nitrogens with zero attached hydrogens (tertiary/aromatic N) is 2. The number of aromatic nitrogens is 4. The van der Waals surface area contributed by atoms with E-state index in [1.165, 1.54) is 11.1 Å². The summed E-state index contributed by atoms with van der Waals surface area (Å²) in [6.45, 7) is 0. The molecule has 4 aromatic rings. The normalized spacial score (nSPS) is 16.0. The molecule has 0 amide bonds. The maximum Gasteiger partial charge on any atom is 0.0659 e. The Morgan fingerprint density at radius 2 is 1.29 bits per heavy atom. The van der Waals surface area contributed by atoms with Crippen LogP contribution < -0.4 is 0 Å². The van der Waals surface area contributed by atoms with Crippen molar-refractivity contribution in [2.45, 2.75) is 5.92 Å². The number of H-pyrrole nitrogens is 2. The van der Waals surface area contributed by atoms with Crippen LogP contribution in [0.1, 0.15) is 45.4 Å². The number of nitrogens with one attached hydrogen (secondary N) is 2. The van der Waals surface area contributed by atoms with E-state index >= 15 is 0 Å². The largest absolute Gasteiger partial charge is 0.355 e. The second kappa shape index (κ2) is 7.44. The molecule has 5 heterocycles. The zero-order valence-electron chi connectivity index (χ0n) is 18.1. The molecular weight excluding hydrogens is 440 g/mol. The third kappa shape index (κ3) is 3.31. The van der Waals surface area contributed by atoms with Crippen LogP contribution in [0.5, 0.6) is 0 Å². The van der Waals surface area contributed by atoms with Gasteiger partial charge in [-0.25, -0.2) is 9.97 Å². The van der Waals surface area contributed by atoms with E-state index in [0.29, 0.717) is 0 Å². The zero-order chi connectivity index (χ0) is 22.6. The van der Waals surface area contributed by atoms with Gasteiger partial charge < -0.3 is 9.97 Å². The third-order valence-electron chi connectivity index (χ3n) is 6.39. The summed E-state index contributed by atoms with van der Waals surface area (Å²) in [5.41, 5.74) is 11.1. The van der Waals surface area contributed by atoms with Gasteiger partial charge in [0, 0.05) is 33.0 Å². The maximum atomic E-state index is 6.80. The Hall–Kier alpha value is -4.15. The molecule has 1 aromatic carbocycles. The molecule has 3 aliphatic rings. The van der Waals surface area contributed by atoms with Crippen LogP contribution >= 0.6 is 11.6 Å². The number of allylic oxidation sites excluding steroid dienone is 1. The highest BCUT2D eigenvalue weighted by atomic mass is 35.5. The monoisotopic (exact) mass is 458 g/mol. The molecule has 7 rings (SSSR count). The van der Waals surface area contributed by atoms with Crippen molar-refractivity contribution < 1.29 is 0 Å². The van der Waals surface area contributed by atoms with Gasteiger partial charge in [0.1, 0.15) is 0 Å². The van der Waals surface area contributed by atoms with Crippen LogP contribution in [0.15, 0.2) is 71.8 Å². The number of halogens is 1. The van der Waals surface area contributed by atoms with Crippen molar-refractivity contribution in [3.05, 3.63) is 111 Å². The molecule has 1 unspecified atom stereocenters. The number of fused-ring (bicyclic) bond motifs is 9. The van der Waals surface area contributed by atoms with Crippen LogP contribution in [0.3, 0.4) is 0 Å². The fourth-order valence-corrected chi connectivity index (χ4v) is 5.23. The van der Waals surface area contributed by atoms with E-state index in [1.807, 2.05) is 42.5 Å². The number of hydrogen-bond acceptors (Lipinski definition) is 2. The SMILES string of the molecule is ClC1=Cc2ccccc2C1c1cc2cc3ccc(cc4nc(cc5nc(cc1[nH]2)C=C5)C=C4)[nH]3. The Kier molecular flexibility index (Phi) is 4.23. The van der Waals surface area contributed by atoms with Crippen molar-refractivity contribution in [1.82, 2.24) is 19.9 Å². The van der Waals surface area contributed by atoms with Crippen LogP contribution in [0.2, 0.25) is 0 Å².